The normalized spacial score (nSPS) is 29.2. The molecule has 1 saturated heterocycles. The summed E-state index contributed by atoms with van der Waals surface area (Å²) in [6.45, 7) is 5.73. The minimum Gasteiger partial charge on any atom is -0.378 e. The molecule has 0 aromatic heterocycles. The van der Waals surface area contributed by atoms with Crippen LogP contribution in [0.15, 0.2) is 0 Å². The summed E-state index contributed by atoms with van der Waals surface area (Å²) in [5.41, 5.74) is 0. The molecular weight excluding hydrogens is 198 g/mol. The van der Waals surface area contributed by atoms with E-state index in [1.807, 2.05) is 0 Å². The van der Waals surface area contributed by atoms with Gasteiger partial charge in [-0.25, -0.2) is 0 Å². The third kappa shape index (κ3) is 4.06. The van der Waals surface area contributed by atoms with Gasteiger partial charge in [0.1, 0.15) is 0 Å². The van der Waals surface area contributed by atoms with Gasteiger partial charge in [-0.3, -0.25) is 0 Å². The van der Waals surface area contributed by atoms with E-state index in [9.17, 15) is 0 Å². The van der Waals surface area contributed by atoms with Crippen LogP contribution in [0, 0.1) is 5.92 Å². The van der Waals surface area contributed by atoms with Gasteiger partial charge in [0.15, 0.2) is 0 Å². The first-order valence-electron chi connectivity index (χ1n) is 7.13. The Labute approximate surface area is 100 Å². The van der Waals surface area contributed by atoms with Crippen LogP contribution in [0.2, 0.25) is 0 Å². The number of hydrogen-bond donors (Lipinski definition) is 1. The highest BCUT2D eigenvalue weighted by molar-refractivity contribution is 4.85. The molecule has 1 aliphatic heterocycles. The van der Waals surface area contributed by atoms with E-state index in [-0.39, 0.29) is 0 Å². The van der Waals surface area contributed by atoms with Crippen molar-refractivity contribution < 1.29 is 4.74 Å². The van der Waals surface area contributed by atoms with Crippen molar-refractivity contribution in [2.24, 2.45) is 5.92 Å². The third-order valence-electron chi connectivity index (χ3n) is 4.14. The van der Waals surface area contributed by atoms with Crippen LogP contribution in [0.1, 0.15) is 58.8 Å². The van der Waals surface area contributed by atoms with Crippen molar-refractivity contribution in [2.75, 3.05) is 6.61 Å². The van der Waals surface area contributed by atoms with E-state index >= 15 is 0 Å². The predicted molar refractivity (Wildman–Crippen MR) is 67.6 cm³/mol. The summed E-state index contributed by atoms with van der Waals surface area (Å²) in [7, 11) is 0. The van der Waals surface area contributed by atoms with Gasteiger partial charge in [0.2, 0.25) is 0 Å². The van der Waals surface area contributed by atoms with Gasteiger partial charge in [-0.2, -0.15) is 0 Å². The van der Waals surface area contributed by atoms with Crippen LogP contribution in [-0.4, -0.2) is 24.8 Å². The summed E-state index contributed by atoms with van der Waals surface area (Å²) in [6, 6.07) is 1.53. The van der Waals surface area contributed by atoms with Crippen LogP contribution in [0.5, 0.6) is 0 Å². The van der Waals surface area contributed by atoms with Gasteiger partial charge in [0.05, 0.1) is 6.10 Å². The maximum atomic E-state index is 5.65. The summed E-state index contributed by atoms with van der Waals surface area (Å²) in [6.07, 6.45) is 9.91. The van der Waals surface area contributed by atoms with Crippen molar-refractivity contribution in [3.63, 3.8) is 0 Å². The second-order valence-corrected chi connectivity index (χ2v) is 5.77. The largest absolute Gasteiger partial charge is 0.378 e. The first kappa shape index (κ1) is 12.4. The molecule has 2 rings (SSSR count). The molecule has 2 heteroatoms. The van der Waals surface area contributed by atoms with Crippen LogP contribution in [0.4, 0.5) is 0 Å². The van der Waals surface area contributed by atoms with Crippen molar-refractivity contribution in [2.45, 2.75) is 77.0 Å². The maximum absolute atomic E-state index is 5.65. The molecule has 16 heavy (non-hydrogen) atoms. The first-order valence-corrected chi connectivity index (χ1v) is 7.13. The number of hydrogen-bond acceptors (Lipinski definition) is 2. The Hall–Kier alpha value is -0.0800. The molecule has 94 valence electrons. The van der Waals surface area contributed by atoms with E-state index in [0.29, 0.717) is 12.1 Å². The predicted octanol–water partition coefficient (Wildman–Crippen LogP) is 3.11. The van der Waals surface area contributed by atoms with Gasteiger partial charge in [-0.15, -0.1) is 0 Å². The Bertz CT molecular complexity index is 197. The van der Waals surface area contributed by atoms with Crippen LogP contribution < -0.4 is 5.32 Å². The molecule has 1 aliphatic carbocycles. The summed E-state index contributed by atoms with van der Waals surface area (Å²) in [4.78, 5) is 0. The zero-order valence-electron chi connectivity index (χ0n) is 10.9. The lowest BCUT2D eigenvalue weighted by molar-refractivity contribution is 0.100. The molecule has 2 aliphatic rings. The minimum absolute atomic E-state index is 0.582. The Kier molecular flexibility index (Phi) is 4.66. The van der Waals surface area contributed by atoms with E-state index in [4.69, 9.17) is 4.74 Å². The molecule has 2 fully saturated rings. The second kappa shape index (κ2) is 6.02. The quantitative estimate of drug-likeness (QED) is 0.719. The molecule has 0 radical (unpaired) electrons. The van der Waals surface area contributed by atoms with Gasteiger partial charge in [0.25, 0.3) is 0 Å². The van der Waals surface area contributed by atoms with Crippen molar-refractivity contribution in [1.82, 2.24) is 5.32 Å². The summed E-state index contributed by atoms with van der Waals surface area (Å²) < 4.78 is 5.65. The standard InChI is InChI=1S/C14H27NO/c1-11(12(2)15-13-8-9-13)5-3-6-14-7-4-10-16-14/h11-15H,3-10H2,1-2H3. The SMILES string of the molecule is CC(CCCC1CCCO1)C(C)NC1CC1. The molecule has 1 saturated carbocycles. The lowest BCUT2D eigenvalue weighted by Crippen LogP contribution is -2.33. The van der Waals surface area contributed by atoms with Crippen LogP contribution >= 0.6 is 0 Å². The molecule has 0 bridgehead atoms. The zero-order chi connectivity index (χ0) is 11.4. The molecule has 2 nitrogen and oxygen atoms in total. The average Bonchev–Trinajstić information content (AvgIpc) is 2.93. The number of nitrogens with one attached hydrogen (secondary N) is 1. The fourth-order valence-corrected chi connectivity index (χ4v) is 2.58. The summed E-state index contributed by atoms with van der Waals surface area (Å²) in [5, 5.41) is 3.70. The topological polar surface area (TPSA) is 21.3 Å². The van der Waals surface area contributed by atoms with Crippen molar-refractivity contribution in [3.8, 4) is 0 Å². The molecule has 1 heterocycles. The van der Waals surface area contributed by atoms with Crippen molar-refractivity contribution >= 4 is 0 Å². The van der Waals surface area contributed by atoms with Crippen molar-refractivity contribution in [3.05, 3.63) is 0 Å². The molecule has 0 spiro atoms. The highest BCUT2D eigenvalue weighted by Gasteiger charge is 2.25. The minimum atomic E-state index is 0.582. The van der Waals surface area contributed by atoms with E-state index in [2.05, 4.69) is 19.2 Å². The summed E-state index contributed by atoms with van der Waals surface area (Å²) >= 11 is 0. The van der Waals surface area contributed by atoms with E-state index < -0.39 is 0 Å². The van der Waals surface area contributed by atoms with Gasteiger partial charge < -0.3 is 10.1 Å². The summed E-state index contributed by atoms with van der Waals surface area (Å²) in [5.74, 6) is 0.807. The maximum Gasteiger partial charge on any atom is 0.0576 e. The number of ether oxygens (including phenoxy) is 1. The fraction of sp³-hybridized carbons (Fsp3) is 1.00. The highest BCUT2D eigenvalue weighted by Crippen LogP contribution is 2.23. The molecule has 0 aromatic rings. The molecule has 0 amide bonds. The Balaban J connectivity index is 1.53. The Morgan fingerprint density at radius 1 is 1.25 bits per heavy atom. The van der Waals surface area contributed by atoms with Gasteiger partial charge in [-0.05, 0) is 51.4 Å². The zero-order valence-corrected chi connectivity index (χ0v) is 10.9. The van der Waals surface area contributed by atoms with Crippen LogP contribution in [-0.2, 0) is 4.74 Å². The van der Waals surface area contributed by atoms with E-state index in [1.165, 1.54) is 44.9 Å². The monoisotopic (exact) mass is 225 g/mol. The fourth-order valence-electron chi connectivity index (χ4n) is 2.58. The average molecular weight is 225 g/mol. The molecule has 0 aromatic carbocycles. The Morgan fingerprint density at radius 3 is 2.69 bits per heavy atom. The molecule has 3 unspecified atom stereocenters. The smallest absolute Gasteiger partial charge is 0.0576 e. The molecule has 3 atom stereocenters. The number of rotatable bonds is 7. The first-order chi connectivity index (χ1) is 7.75. The van der Waals surface area contributed by atoms with Crippen LogP contribution in [0.25, 0.3) is 0 Å². The van der Waals surface area contributed by atoms with Gasteiger partial charge in [0, 0.05) is 18.7 Å². The third-order valence-corrected chi connectivity index (χ3v) is 4.14. The highest BCUT2D eigenvalue weighted by atomic mass is 16.5. The lowest BCUT2D eigenvalue weighted by atomic mass is 9.95. The van der Waals surface area contributed by atoms with Crippen LogP contribution in [0.3, 0.4) is 0 Å². The molecule has 1 N–H and O–H groups in total. The molecular formula is C14H27NO. The second-order valence-electron chi connectivity index (χ2n) is 5.77. The van der Waals surface area contributed by atoms with Gasteiger partial charge >= 0.3 is 0 Å². The van der Waals surface area contributed by atoms with Crippen molar-refractivity contribution in [1.29, 1.82) is 0 Å². The van der Waals surface area contributed by atoms with E-state index in [0.717, 1.165) is 18.6 Å². The van der Waals surface area contributed by atoms with Gasteiger partial charge in [-0.1, -0.05) is 13.3 Å². The lowest BCUT2D eigenvalue weighted by Gasteiger charge is -2.21. The Morgan fingerprint density at radius 2 is 2.06 bits per heavy atom. The van der Waals surface area contributed by atoms with E-state index in [1.54, 1.807) is 0 Å².